The van der Waals surface area contributed by atoms with Crippen molar-refractivity contribution in [2.75, 3.05) is 12.3 Å². The average Bonchev–Trinajstić information content (AvgIpc) is 2.87. The van der Waals surface area contributed by atoms with Crippen LogP contribution in [0.3, 0.4) is 0 Å². The van der Waals surface area contributed by atoms with Gasteiger partial charge in [-0.15, -0.1) is 0 Å². The van der Waals surface area contributed by atoms with Crippen LogP contribution < -0.4 is 5.73 Å². The van der Waals surface area contributed by atoms with E-state index < -0.39 is 15.8 Å². The van der Waals surface area contributed by atoms with Crippen LogP contribution in [-0.2, 0) is 10.0 Å². The molecule has 1 fully saturated rings. The van der Waals surface area contributed by atoms with Gasteiger partial charge in [-0.3, -0.25) is 0 Å². The van der Waals surface area contributed by atoms with E-state index in [1.807, 2.05) is 6.92 Å². The molecule has 0 heterocycles. The summed E-state index contributed by atoms with van der Waals surface area (Å²) in [6, 6.07) is 2.32. The van der Waals surface area contributed by atoms with E-state index in [1.54, 1.807) is 0 Å². The molecule has 0 radical (unpaired) electrons. The molecule has 1 saturated carbocycles. The number of halogens is 2. The summed E-state index contributed by atoms with van der Waals surface area (Å²) < 4.78 is 40.6. The molecule has 1 aromatic rings. The molecule has 0 aliphatic heterocycles. The van der Waals surface area contributed by atoms with Crippen LogP contribution in [0.1, 0.15) is 32.6 Å². The molecule has 20 heavy (non-hydrogen) atoms. The number of benzene rings is 1. The Morgan fingerprint density at radius 1 is 1.40 bits per heavy atom. The molecular formula is C13H18BrFN2O2S. The molecule has 0 amide bonds. The lowest BCUT2D eigenvalue weighted by atomic mass is 10.2. The largest absolute Gasteiger partial charge is 0.396 e. The molecule has 1 aliphatic carbocycles. The number of nitrogens with two attached hydrogens (primary N) is 1. The molecule has 1 aromatic carbocycles. The van der Waals surface area contributed by atoms with Crippen LogP contribution in [0.4, 0.5) is 10.1 Å². The summed E-state index contributed by atoms with van der Waals surface area (Å²) >= 11 is 3.12. The fourth-order valence-electron chi connectivity index (χ4n) is 2.69. The van der Waals surface area contributed by atoms with Gasteiger partial charge in [-0.2, -0.15) is 4.31 Å². The Morgan fingerprint density at radius 2 is 2.00 bits per heavy atom. The zero-order valence-electron chi connectivity index (χ0n) is 11.3. The second-order valence-corrected chi connectivity index (χ2v) is 7.66. The van der Waals surface area contributed by atoms with Gasteiger partial charge < -0.3 is 5.73 Å². The number of nitrogen functional groups attached to an aromatic ring is 1. The SMILES string of the molecule is CCN(C1CCCC1)S(=O)(=O)c1cc(N)c(F)cc1Br. The molecule has 0 unspecified atom stereocenters. The van der Waals surface area contributed by atoms with Crippen molar-refractivity contribution in [2.45, 2.75) is 43.5 Å². The van der Waals surface area contributed by atoms with Crippen molar-refractivity contribution >= 4 is 31.6 Å². The van der Waals surface area contributed by atoms with Gasteiger partial charge in [0.05, 0.1) is 10.6 Å². The van der Waals surface area contributed by atoms with Crippen molar-refractivity contribution in [3.8, 4) is 0 Å². The molecule has 4 nitrogen and oxygen atoms in total. The molecule has 0 saturated heterocycles. The lowest BCUT2D eigenvalue weighted by Gasteiger charge is -2.27. The van der Waals surface area contributed by atoms with Crippen LogP contribution in [0.5, 0.6) is 0 Å². The molecule has 0 spiro atoms. The third kappa shape index (κ3) is 2.84. The predicted octanol–water partition coefficient (Wildman–Crippen LogP) is 3.12. The molecule has 2 N–H and O–H groups in total. The highest BCUT2D eigenvalue weighted by atomic mass is 79.9. The summed E-state index contributed by atoms with van der Waals surface area (Å²) in [6.07, 6.45) is 3.84. The molecule has 1 aliphatic rings. The Labute approximate surface area is 127 Å². The minimum absolute atomic E-state index is 0.0307. The van der Waals surface area contributed by atoms with Crippen molar-refractivity contribution in [1.82, 2.24) is 4.31 Å². The van der Waals surface area contributed by atoms with Crippen LogP contribution in [0.25, 0.3) is 0 Å². The summed E-state index contributed by atoms with van der Waals surface area (Å²) in [7, 11) is -3.66. The monoisotopic (exact) mass is 364 g/mol. The van der Waals surface area contributed by atoms with Gasteiger partial charge in [-0.25, -0.2) is 12.8 Å². The molecular weight excluding hydrogens is 347 g/mol. The van der Waals surface area contributed by atoms with Gasteiger partial charge in [0.25, 0.3) is 0 Å². The highest BCUT2D eigenvalue weighted by Crippen LogP contribution is 2.33. The normalized spacial score (nSPS) is 17.0. The molecule has 112 valence electrons. The van der Waals surface area contributed by atoms with E-state index in [0.717, 1.165) is 31.7 Å². The Morgan fingerprint density at radius 3 is 2.55 bits per heavy atom. The smallest absolute Gasteiger partial charge is 0.244 e. The van der Waals surface area contributed by atoms with Gasteiger partial charge in [0.1, 0.15) is 5.82 Å². The molecule has 0 aromatic heterocycles. The summed E-state index contributed by atoms with van der Waals surface area (Å²) in [5, 5.41) is 0. The minimum Gasteiger partial charge on any atom is -0.396 e. The Bertz CT molecular complexity index is 601. The van der Waals surface area contributed by atoms with E-state index in [1.165, 1.54) is 10.4 Å². The second kappa shape index (κ2) is 5.99. The zero-order chi connectivity index (χ0) is 14.9. The standard InChI is InChI=1S/C13H18BrFN2O2S/c1-2-17(9-5-3-4-6-9)20(18,19)13-8-12(16)11(15)7-10(13)14/h7-9H,2-6,16H2,1H3. The van der Waals surface area contributed by atoms with Crippen LogP contribution >= 0.6 is 15.9 Å². The summed E-state index contributed by atoms with van der Waals surface area (Å²) in [4.78, 5) is 0.0325. The van der Waals surface area contributed by atoms with Crippen LogP contribution in [0, 0.1) is 5.82 Å². The number of nitrogens with zero attached hydrogens (tertiary/aromatic N) is 1. The topological polar surface area (TPSA) is 63.4 Å². The number of hydrogen-bond acceptors (Lipinski definition) is 3. The quantitative estimate of drug-likeness (QED) is 0.834. The zero-order valence-corrected chi connectivity index (χ0v) is 13.7. The Hall–Kier alpha value is -0.660. The van der Waals surface area contributed by atoms with E-state index in [9.17, 15) is 12.8 Å². The maximum Gasteiger partial charge on any atom is 0.244 e. The maximum absolute atomic E-state index is 13.4. The van der Waals surface area contributed by atoms with Gasteiger partial charge in [0, 0.05) is 17.1 Å². The summed E-state index contributed by atoms with van der Waals surface area (Å²) in [5.41, 5.74) is 5.34. The van der Waals surface area contributed by atoms with Gasteiger partial charge in [0.15, 0.2) is 0 Å². The first-order valence-electron chi connectivity index (χ1n) is 6.64. The Balaban J connectivity index is 2.45. The van der Waals surface area contributed by atoms with Crippen molar-refractivity contribution in [2.24, 2.45) is 0 Å². The van der Waals surface area contributed by atoms with Gasteiger partial charge in [-0.1, -0.05) is 19.8 Å². The van der Waals surface area contributed by atoms with Crippen LogP contribution in [0.15, 0.2) is 21.5 Å². The van der Waals surface area contributed by atoms with E-state index in [4.69, 9.17) is 5.73 Å². The first-order chi connectivity index (χ1) is 9.37. The van der Waals surface area contributed by atoms with Gasteiger partial charge >= 0.3 is 0 Å². The van der Waals surface area contributed by atoms with E-state index in [-0.39, 0.29) is 21.1 Å². The first kappa shape index (κ1) is 15.7. The Kier molecular flexibility index (Phi) is 4.71. The van der Waals surface area contributed by atoms with Gasteiger partial charge in [0.2, 0.25) is 10.0 Å². The van der Waals surface area contributed by atoms with E-state index in [2.05, 4.69) is 15.9 Å². The number of sulfonamides is 1. The number of hydrogen-bond donors (Lipinski definition) is 1. The molecule has 2 rings (SSSR count). The minimum atomic E-state index is -3.66. The highest BCUT2D eigenvalue weighted by Gasteiger charge is 2.33. The van der Waals surface area contributed by atoms with Crippen molar-refractivity contribution in [3.05, 3.63) is 22.4 Å². The number of anilines is 1. The highest BCUT2D eigenvalue weighted by molar-refractivity contribution is 9.10. The first-order valence-corrected chi connectivity index (χ1v) is 8.87. The van der Waals surface area contributed by atoms with Crippen molar-refractivity contribution in [1.29, 1.82) is 0 Å². The van der Waals surface area contributed by atoms with Crippen LogP contribution in [0.2, 0.25) is 0 Å². The summed E-state index contributed by atoms with van der Waals surface area (Å²) in [5.74, 6) is -0.625. The van der Waals surface area contributed by atoms with E-state index in [0.29, 0.717) is 6.54 Å². The van der Waals surface area contributed by atoms with Crippen molar-refractivity contribution < 1.29 is 12.8 Å². The van der Waals surface area contributed by atoms with E-state index >= 15 is 0 Å². The van der Waals surface area contributed by atoms with Crippen molar-refractivity contribution in [3.63, 3.8) is 0 Å². The second-order valence-electron chi connectivity index (χ2n) is 4.95. The fourth-order valence-corrected chi connectivity index (χ4v) is 5.39. The third-order valence-corrected chi connectivity index (χ3v) is 6.67. The lowest BCUT2D eigenvalue weighted by molar-refractivity contribution is 0.335. The fraction of sp³-hybridized carbons (Fsp3) is 0.538. The van der Waals surface area contributed by atoms with Gasteiger partial charge in [-0.05, 0) is 40.9 Å². The average molecular weight is 365 g/mol. The van der Waals surface area contributed by atoms with Crippen LogP contribution in [-0.4, -0.2) is 25.3 Å². The third-order valence-electron chi connectivity index (χ3n) is 3.68. The predicted molar refractivity (Wildman–Crippen MR) is 80.3 cm³/mol. The molecule has 0 atom stereocenters. The molecule has 0 bridgehead atoms. The summed E-state index contributed by atoms with van der Waals surface area (Å²) in [6.45, 7) is 2.22. The lowest BCUT2D eigenvalue weighted by Crippen LogP contribution is -2.38. The number of rotatable bonds is 4. The molecule has 7 heteroatoms. The maximum atomic E-state index is 13.4.